The Balaban J connectivity index is 1.73. The van der Waals surface area contributed by atoms with Crippen LogP contribution in [0.1, 0.15) is 35.2 Å². The molecule has 1 aromatic carbocycles. The van der Waals surface area contributed by atoms with E-state index in [1.54, 1.807) is 41.8 Å². The Morgan fingerprint density at radius 1 is 1.29 bits per heavy atom. The van der Waals surface area contributed by atoms with E-state index in [1.807, 2.05) is 0 Å². The normalized spacial score (nSPS) is 20.5. The molecule has 0 aromatic heterocycles. The maximum Gasteiger partial charge on any atom is 0.249 e. The molecule has 1 saturated heterocycles. The Bertz CT molecular complexity index is 688. The molecule has 7 heteroatoms. The van der Waals surface area contributed by atoms with Crippen LogP contribution in [0.25, 0.3) is 0 Å². The van der Waals surface area contributed by atoms with Crippen molar-refractivity contribution in [2.75, 3.05) is 16.9 Å². The first kappa shape index (κ1) is 16.8. The van der Waals surface area contributed by atoms with Crippen LogP contribution in [0.2, 0.25) is 0 Å². The van der Waals surface area contributed by atoms with Gasteiger partial charge in [-0.1, -0.05) is 12.5 Å². The summed E-state index contributed by atoms with van der Waals surface area (Å²) in [6.07, 6.45) is 2.94. The van der Waals surface area contributed by atoms with Gasteiger partial charge in [-0.25, -0.2) is 0 Å². The van der Waals surface area contributed by atoms with Crippen molar-refractivity contribution in [2.45, 2.75) is 32.2 Å². The number of rotatable bonds is 4. The van der Waals surface area contributed by atoms with Gasteiger partial charge in [-0.2, -0.15) is 0 Å². The number of hydrogen-bond donors (Lipinski definition) is 2. The minimum absolute atomic E-state index is 0.0823. The lowest BCUT2D eigenvalue weighted by atomic mass is 9.84. The van der Waals surface area contributed by atoms with Gasteiger partial charge in [0.25, 0.3) is 0 Å². The lowest BCUT2D eigenvalue weighted by molar-refractivity contribution is -0.141. The molecule has 0 radical (unpaired) electrons. The summed E-state index contributed by atoms with van der Waals surface area (Å²) in [6.45, 7) is 1.75. The van der Waals surface area contributed by atoms with E-state index < -0.39 is 11.9 Å². The molecule has 1 aliphatic heterocycles. The molecule has 1 atom stereocenters. The zero-order chi connectivity index (χ0) is 17.3. The molecule has 1 aliphatic carbocycles. The quantitative estimate of drug-likeness (QED) is 0.867. The Morgan fingerprint density at radius 3 is 2.67 bits per heavy atom. The summed E-state index contributed by atoms with van der Waals surface area (Å²) < 4.78 is 0. The number of benzene rings is 1. The average molecular weight is 347 g/mol. The zero-order valence-electron chi connectivity index (χ0n) is 13.6. The molecule has 3 amide bonds. The molecule has 1 heterocycles. The Labute approximate surface area is 145 Å². The number of hydrogen-bond acceptors (Lipinski definition) is 4. The minimum atomic E-state index is -0.526. The van der Waals surface area contributed by atoms with E-state index in [0.717, 1.165) is 19.3 Å². The highest BCUT2D eigenvalue weighted by Crippen LogP contribution is 2.32. The van der Waals surface area contributed by atoms with Crippen molar-refractivity contribution < 1.29 is 14.4 Å². The molecule has 0 bridgehead atoms. The summed E-state index contributed by atoms with van der Waals surface area (Å²) in [7, 11) is 0. The molecule has 3 N–H and O–H groups in total. The highest BCUT2D eigenvalue weighted by atomic mass is 32.2. The van der Waals surface area contributed by atoms with Crippen LogP contribution in [0.3, 0.4) is 0 Å². The van der Waals surface area contributed by atoms with Gasteiger partial charge in [-0.3, -0.25) is 14.4 Å². The standard InChI is InChI=1S/C17H21N3O3S/c1-10-12(15(18)21)6-3-7-13(10)19-16(22)14-8-24-9-20(14)17(23)11-4-2-5-11/h3,6-7,11,14H,2,4-5,8-9H2,1H3,(H2,18,21)(H,19,22)/t14-/m1/s1. The Morgan fingerprint density at radius 2 is 2.04 bits per heavy atom. The van der Waals surface area contributed by atoms with Crippen LogP contribution in [0.4, 0.5) is 5.69 Å². The molecule has 0 spiro atoms. The fraction of sp³-hybridized carbons (Fsp3) is 0.471. The monoisotopic (exact) mass is 347 g/mol. The molecule has 6 nitrogen and oxygen atoms in total. The van der Waals surface area contributed by atoms with Crippen LogP contribution in [0.5, 0.6) is 0 Å². The summed E-state index contributed by atoms with van der Waals surface area (Å²) in [5.74, 6) is 0.596. The molecular formula is C17H21N3O3S. The van der Waals surface area contributed by atoms with Crippen molar-refractivity contribution in [1.29, 1.82) is 0 Å². The van der Waals surface area contributed by atoms with Gasteiger partial charge in [0, 0.05) is 22.9 Å². The van der Waals surface area contributed by atoms with E-state index >= 15 is 0 Å². The summed E-state index contributed by atoms with van der Waals surface area (Å²) in [6, 6.07) is 4.59. The van der Waals surface area contributed by atoms with Gasteiger partial charge in [0.15, 0.2) is 0 Å². The molecular weight excluding hydrogens is 326 g/mol. The molecule has 24 heavy (non-hydrogen) atoms. The number of nitrogens with one attached hydrogen (secondary N) is 1. The van der Waals surface area contributed by atoms with Gasteiger partial charge >= 0.3 is 0 Å². The number of carbonyl (C=O) groups is 3. The number of primary amides is 1. The number of nitrogens with two attached hydrogens (primary N) is 1. The molecule has 128 valence electrons. The van der Waals surface area contributed by atoms with Crippen LogP contribution in [-0.4, -0.2) is 40.3 Å². The van der Waals surface area contributed by atoms with Gasteiger partial charge in [-0.15, -0.1) is 11.8 Å². The SMILES string of the molecule is Cc1c(NC(=O)[C@H]2CSCN2C(=O)C2CCC2)cccc1C(N)=O. The first-order chi connectivity index (χ1) is 11.5. The second-order valence-electron chi connectivity index (χ2n) is 6.28. The van der Waals surface area contributed by atoms with Crippen LogP contribution in [0, 0.1) is 12.8 Å². The molecule has 3 rings (SSSR count). The predicted molar refractivity (Wildman–Crippen MR) is 93.6 cm³/mol. The highest BCUT2D eigenvalue weighted by Gasteiger charge is 2.39. The number of carbonyl (C=O) groups excluding carboxylic acids is 3. The first-order valence-corrected chi connectivity index (χ1v) is 9.23. The highest BCUT2D eigenvalue weighted by molar-refractivity contribution is 7.99. The second kappa shape index (κ2) is 6.84. The van der Waals surface area contributed by atoms with Crippen LogP contribution in [-0.2, 0) is 9.59 Å². The third-order valence-corrected chi connectivity index (χ3v) is 5.79. The van der Waals surface area contributed by atoms with Crippen molar-refractivity contribution in [3.8, 4) is 0 Å². The van der Waals surface area contributed by atoms with Gasteiger partial charge in [0.2, 0.25) is 17.7 Å². The topological polar surface area (TPSA) is 92.5 Å². The molecule has 2 fully saturated rings. The number of nitrogens with zero attached hydrogens (tertiary/aromatic N) is 1. The Hall–Kier alpha value is -2.02. The molecule has 0 unspecified atom stereocenters. The average Bonchev–Trinajstić information content (AvgIpc) is 2.96. The maximum absolute atomic E-state index is 12.7. The van der Waals surface area contributed by atoms with Crippen LogP contribution < -0.4 is 11.1 Å². The van der Waals surface area contributed by atoms with Gasteiger partial charge < -0.3 is 16.0 Å². The Kier molecular flexibility index (Phi) is 4.80. The zero-order valence-corrected chi connectivity index (χ0v) is 14.4. The lowest BCUT2D eigenvalue weighted by Crippen LogP contribution is -2.48. The van der Waals surface area contributed by atoms with E-state index in [9.17, 15) is 14.4 Å². The van der Waals surface area contributed by atoms with E-state index in [2.05, 4.69) is 5.32 Å². The van der Waals surface area contributed by atoms with E-state index in [4.69, 9.17) is 5.73 Å². The predicted octanol–water partition coefficient (Wildman–Crippen LogP) is 1.73. The van der Waals surface area contributed by atoms with E-state index in [-0.39, 0.29) is 17.7 Å². The van der Waals surface area contributed by atoms with Gasteiger partial charge in [-0.05, 0) is 37.5 Å². The first-order valence-electron chi connectivity index (χ1n) is 8.07. The minimum Gasteiger partial charge on any atom is -0.366 e. The smallest absolute Gasteiger partial charge is 0.249 e. The summed E-state index contributed by atoms with van der Waals surface area (Å²) in [5.41, 5.74) is 6.93. The fourth-order valence-corrected chi connectivity index (χ4v) is 4.18. The molecule has 1 saturated carbocycles. The summed E-state index contributed by atoms with van der Waals surface area (Å²) in [4.78, 5) is 38.3. The fourth-order valence-electron chi connectivity index (χ4n) is 3.02. The van der Waals surface area contributed by atoms with E-state index in [1.165, 1.54) is 0 Å². The summed E-state index contributed by atoms with van der Waals surface area (Å²) in [5, 5.41) is 2.85. The number of anilines is 1. The maximum atomic E-state index is 12.7. The van der Waals surface area contributed by atoms with Crippen LogP contribution >= 0.6 is 11.8 Å². The molecule has 2 aliphatic rings. The van der Waals surface area contributed by atoms with Gasteiger partial charge in [0.05, 0.1) is 5.88 Å². The largest absolute Gasteiger partial charge is 0.366 e. The second-order valence-corrected chi connectivity index (χ2v) is 7.28. The van der Waals surface area contributed by atoms with Crippen molar-refractivity contribution in [1.82, 2.24) is 4.90 Å². The third-order valence-electron chi connectivity index (χ3n) is 4.78. The number of thioether (sulfide) groups is 1. The van der Waals surface area contributed by atoms with Gasteiger partial charge in [0.1, 0.15) is 6.04 Å². The van der Waals surface area contributed by atoms with E-state index in [0.29, 0.717) is 28.4 Å². The number of amides is 3. The molecule has 1 aromatic rings. The summed E-state index contributed by atoms with van der Waals surface area (Å²) >= 11 is 1.59. The van der Waals surface area contributed by atoms with Crippen molar-refractivity contribution in [3.63, 3.8) is 0 Å². The van der Waals surface area contributed by atoms with Crippen molar-refractivity contribution in [2.24, 2.45) is 11.7 Å². The third kappa shape index (κ3) is 3.13. The van der Waals surface area contributed by atoms with Crippen molar-refractivity contribution in [3.05, 3.63) is 29.3 Å². The lowest BCUT2D eigenvalue weighted by Gasteiger charge is -2.31. The van der Waals surface area contributed by atoms with Crippen LogP contribution in [0.15, 0.2) is 18.2 Å². The van der Waals surface area contributed by atoms with Crippen molar-refractivity contribution >= 4 is 35.2 Å².